The van der Waals surface area contributed by atoms with Crippen LogP contribution in [0.3, 0.4) is 0 Å². The Morgan fingerprint density at radius 1 is 1.00 bits per heavy atom. The van der Waals surface area contributed by atoms with Crippen molar-refractivity contribution in [3.8, 4) is 0 Å². The minimum atomic E-state index is -3.93. The molecule has 0 amide bonds. The second-order valence-electron chi connectivity index (χ2n) is 5.22. The number of nitro groups is 1. The second kappa shape index (κ2) is 5.51. The lowest BCUT2D eigenvalue weighted by atomic mass is 10.1. The largest absolute Gasteiger partial charge is 0.289 e. The summed E-state index contributed by atoms with van der Waals surface area (Å²) in [4.78, 5) is 10.0. The van der Waals surface area contributed by atoms with Crippen molar-refractivity contribution in [3.05, 3.63) is 69.8 Å². The third-order valence-electron chi connectivity index (χ3n) is 3.72. The smallest absolute Gasteiger partial charge is 0.258 e. The fourth-order valence-corrected chi connectivity index (χ4v) is 4.17. The Balaban J connectivity index is 1.86. The van der Waals surface area contributed by atoms with Crippen molar-refractivity contribution in [2.24, 2.45) is 0 Å². The van der Waals surface area contributed by atoms with Crippen LogP contribution in [0.1, 0.15) is 11.1 Å². The molecule has 0 unspecified atom stereocenters. The Morgan fingerprint density at radius 3 is 2.14 bits per heavy atom. The van der Waals surface area contributed by atoms with Gasteiger partial charge in [-0.25, -0.2) is 13.1 Å². The lowest BCUT2D eigenvalue weighted by Crippen LogP contribution is -2.35. The zero-order valence-corrected chi connectivity index (χ0v) is 12.4. The topological polar surface area (TPSA) is 89.3 Å². The molecule has 1 N–H and O–H groups in total. The van der Waals surface area contributed by atoms with E-state index in [2.05, 4.69) is 4.72 Å². The molecule has 0 fully saturated rings. The van der Waals surface area contributed by atoms with Gasteiger partial charge in [-0.3, -0.25) is 10.1 Å². The predicted molar refractivity (Wildman–Crippen MR) is 81.1 cm³/mol. The van der Waals surface area contributed by atoms with E-state index >= 15 is 0 Å². The molecule has 0 saturated carbocycles. The molecule has 114 valence electrons. The highest BCUT2D eigenvalue weighted by Crippen LogP contribution is 2.26. The molecule has 0 aliphatic heterocycles. The van der Waals surface area contributed by atoms with Crippen molar-refractivity contribution in [3.63, 3.8) is 0 Å². The standard InChI is InChI=1S/C15H14N2O4S/c18-17(19)14-7-3-4-8-15(14)22(20,21)16-13-9-11-5-1-2-6-12(11)10-13/h1-8,13,16H,9-10H2. The lowest BCUT2D eigenvalue weighted by molar-refractivity contribution is -0.387. The van der Waals surface area contributed by atoms with Crippen molar-refractivity contribution < 1.29 is 13.3 Å². The molecule has 0 radical (unpaired) electrons. The van der Waals surface area contributed by atoms with Crippen molar-refractivity contribution >= 4 is 15.7 Å². The minimum Gasteiger partial charge on any atom is -0.258 e. The number of fused-ring (bicyclic) bond motifs is 1. The molecule has 0 spiro atoms. The Hall–Kier alpha value is -2.25. The van der Waals surface area contributed by atoms with Gasteiger partial charge in [-0.1, -0.05) is 36.4 Å². The van der Waals surface area contributed by atoms with Gasteiger partial charge in [-0.15, -0.1) is 0 Å². The van der Waals surface area contributed by atoms with E-state index < -0.39 is 20.6 Å². The highest BCUT2D eigenvalue weighted by Gasteiger charge is 2.30. The Bertz CT molecular complexity index is 808. The Labute approximate surface area is 128 Å². The number of nitrogens with one attached hydrogen (secondary N) is 1. The molecule has 0 aromatic heterocycles. The monoisotopic (exact) mass is 318 g/mol. The van der Waals surface area contributed by atoms with E-state index in [9.17, 15) is 18.5 Å². The van der Waals surface area contributed by atoms with Crippen molar-refractivity contribution in [2.75, 3.05) is 0 Å². The molecular weight excluding hydrogens is 304 g/mol. The van der Waals surface area contributed by atoms with Crippen LogP contribution in [0.5, 0.6) is 0 Å². The SMILES string of the molecule is O=[N+]([O-])c1ccccc1S(=O)(=O)NC1Cc2ccccc2C1. The number of benzene rings is 2. The van der Waals surface area contributed by atoms with Crippen LogP contribution in [-0.2, 0) is 22.9 Å². The van der Waals surface area contributed by atoms with Crippen molar-refractivity contribution in [1.82, 2.24) is 4.72 Å². The van der Waals surface area contributed by atoms with Crippen LogP contribution in [0.4, 0.5) is 5.69 Å². The van der Waals surface area contributed by atoms with E-state index in [0.717, 1.165) is 11.1 Å². The number of rotatable bonds is 4. The quantitative estimate of drug-likeness (QED) is 0.690. The maximum absolute atomic E-state index is 12.4. The maximum Gasteiger partial charge on any atom is 0.289 e. The Morgan fingerprint density at radius 2 is 1.55 bits per heavy atom. The number of hydrogen-bond acceptors (Lipinski definition) is 4. The summed E-state index contributed by atoms with van der Waals surface area (Å²) >= 11 is 0. The van der Waals surface area contributed by atoms with Gasteiger partial charge < -0.3 is 0 Å². The molecule has 22 heavy (non-hydrogen) atoms. The normalized spacial score (nSPS) is 14.7. The summed E-state index contributed by atoms with van der Waals surface area (Å²) in [6.45, 7) is 0. The van der Waals surface area contributed by atoms with Crippen LogP contribution in [0.15, 0.2) is 53.4 Å². The van der Waals surface area contributed by atoms with Gasteiger partial charge in [0.1, 0.15) is 0 Å². The van der Waals surface area contributed by atoms with Crippen LogP contribution in [0.25, 0.3) is 0 Å². The summed E-state index contributed by atoms with van der Waals surface area (Å²) in [5, 5.41) is 11.0. The fourth-order valence-electron chi connectivity index (χ4n) is 2.76. The van der Waals surface area contributed by atoms with Gasteiger partial charge in [-0.05, 0) is 30.0 Å². The lowest BCUT2D eigenvalue weighted by Gasteiger charge is -2.12. The number of sulfonamides is 1. The molecule has 7 heteroatoms. The highest BCUT2D eigenvalue weighted by atomic mass is 32.2. The van der Waals surface area contributed by atoms with Crippen LogP contribution in [-0.4, -0.2) is 19.4 Å². The third-order valence-corrected chi connectivity index (χ3v) is 5.29. The number of para-hydroxylation sites is 1. The molecular formula is C15H14N2O4S. The fraction of sp³-hybridized carbons (Fsp3) is 0.200. The van der Waals surface area contributed by atoms with Gasteiger partial charge in [0.15, 0.2) is 4.90 Å². The molecule has 0 atom stereocenters. The van der Waals surface area contributed by atoms with E-state index in [1.54, 1.807) is 0 Å². The zero-order chi connectivity index (χ0) is 15.7. The molecule has 2 aromatic rings. The Kier molecular flexibility index (Phi) is 3.67. The molecule has 0 saturated heterocycles. The summed E-state index contributed by atoms with van der Waals surface area (Å²) in [6.07, 6.45) is 1.19. The van der Waals surface area contributed by atoms with E-state index in [0.29, 0.717) is 12.8 Å². The molecule has 2 aromatic carbocycles. The van der Waals surface area contributed by atoms with Crippen LogP contribution in [0.2, 0.25) is 0 Å². The first-order valence-electron chi connectivity index (χ1n) is 6.80. The summed E-state index contributed by atoms with van der Waals surface area (Å²) in [6, 6.07) is 12.9. The molecule has 3 rings (SSSR count). The van der Waals surface area contributed by atoms with Gasteiger partial charge >= 0.3 is 0 Å². The summed E-state index contributed by atoms with van der Waals surface area (Å²) in [7, 11) is -3.93. The molecule has 0 bridgehead atoms. The number of hydrogen-bond donors (Lipinski definition) is 1. The van der Waals surface area contributed by atoms with Gasteiger partial charge in [-0.2, -0.15) is 0 Å². The van der Waals surface area contributed by atoms with E-state index in [1.165, 1.54) is 24.3 Å². The van der Waals surface area contributed by atoms with E-state index in [-0.39, 0.29) is 10.9 Å². The first-order valence-corrected chi connectivity index (χ1v) is 8.28. The number of nitro benzene ring substituents is 1. The van der Waals surface area contributed by atoms with E-state index in [1.807, 2.05) is 24.3 Å². The third kappa shape index (κ3) is 2.72. The van der Waals surface area contributed by atoms with E-state index in [4.69, 9.17) is 0 Å². The number of nitrogens with zero attached hydrogens (tertiary/aromatic N) is 1. The molecule has 6 nitrogen and oxygen atoms in total. The average Bonchev–Trinajstić information content (AvgIpc) is 2.88. The van der Waals surface area contributed by atoms with Crippen molar-refractivity contribution in [1.29, 1.82) is 0 Å². The predicted octanol–water partition coefficient (Wildman–Crippen LogP) is 2.04. The van der Waals surface area contributed by atoms with Gasteiger partial charge in [0.2, 0.25) is 10.0 Å². The van der Waals surface area contributed by atoms with Gasteiger partial charge in [0, 0.05) is 12.1 Å². The molecule has 1 aliphatic rings. The molecule has 1 aliphatic carbocycles. The minimum absolute atomic E-state index is 0.276. The average molecular weight is 318 g/mol. The first-order chi connectivity index (χ1) is 10.5. The second-order valence-corrected chi connectivity index (χ2v) is 6.90. The summed E-state index contributed by atoms with van der Waals surface area (Å²) in [5.74, 6) is 0. The van der Waals surface area contributed by atoms with Crippen LogP contribution in [0, 0.1) is 10.1 Å². The summed E-state index contributed by atoms with van der Waals surface area (Å²) in [5.41, 5.74) is 1.81. The van der Waals surface area contributed by atoms with Gasteiger partial charge in [0.25, 0.3) is 5.69 Å². The first kappa shape index (κ1) is 14.7. The van der Waals surface area contributed by atoms with Crippen LogP contribution >= 0.6 is 0 Å². The zero-order valence-electron chi connectivity index (χ0n) is 11.6. The van der Waals surface area contributed by atoms with Gasteiger partial charge in [0.05, 0.1) is 4.92 Å². The highest BCUT2D eigenvalue weighted by molar-refractivity contribution is 7.89. The van der Waals surface area contributed by atoms with Crippen molar-refractivity contribution in [2.45, 2.75) is 23.8 Å². The maximum atomic E-state index is 12.4. The molecule has 0 heterocycles. The summed E-state index contributed by atoms with van der Waals surface area (Å²) < 4.78 is 27.5. The van der Waals surface area contributed by atoms with Crippen LogP contribution < -0.4 is 4.72 Å².